The van der Waals surface area contributed by atoms with E-state index in [9.17, 15) is 4.39 Å². The lowest BCUT2D eigenvalue weighted by atomic mass is 9.92. The first-order valence-electron chi connectivity index (χ1n) is 3.63. The van der Waals surface area contributed by atoms with Crippen LogP contribution in [0.4, 0.5) is 4.39 Å². The van der Waals surface area contributed by atoms with Gasteiger partial charge in [0.25, 0.3) is 0 Å². The molecule has 0 spiro atoms. The zero-order valence-electron chi connectivity index (χ0n) is 7.06. The Morgan fingerprint density at radius 1 is 1.27 bits per heavy atom. The minimum atomic E-state index is -0.405. The summed E-state index contributed by atoms with van der Waals surface area (Å²) in [6.45, 7) is 6.03. The summed E-state index contributed by atoms with van der Waals surface area (Å²) in [4.78, 5) is 3.78. The highest BCUT2D eigenvalue weighted by molar-refractivity contribution is 5.13. The zero-order chi connectivity index (χ0) is 8.48. The molecule has 60 valence electrons. The van der Waals surface area contributed by atoms with Crippen molar-refractivity contribution in [1.82, 2.24) is 4.98 Å². The van der Waals surface area contributed by atoms with Crippen LogP contribution >= 0.6 is 0 Å². The largest absolute Gasteiger partial charge is 0.224 e. The normalized spacial score (nSPS) is 11.6. The summed E-state index contributed by atoms with van der Waals surface area (Å²) in [7, 11) is 0. The molecular formula is C9H12FN. The Labute approximate surface area is 66.3 Å². The monoisotopic (exact) mass is 152 g/mol. The van der Waals surface area contributed by atoms with Gasteiger partial charge in [-0.3, -0.25) is 0 Å². The standard InChI is InChI=1S/C9H12FN/c1-9(2,3)7-5-4-6-8(10)11-7/h4-6H,1-3H3/i10-1. The minimum Gasteiger partial charge on any atom is -0.224 e. The average molecular weight is 152 g/mol. The predicted octanol–water partition coefficient (Wildman–Crippen LogP) is 2.52. The van der Waals surface area contributed by atoms with Crippen molar-refractivity contribution < 1.29 is 4.39 Å². The van der Waals surface area contributed by atoms with Gasteiger partial charge in [0.05, 0.1) is 0 Å². The van der Waals surface area contributed by atoms with Crippen LogP contribution in [0, 0.1) is 5.95 Å². The number of halogens is 1. The van der Waals surface area contributed by atoms with Crippen molar-refractivity contribution in [2.24, 2.45) is 0 Å². The maximum absolute atomic E-state index is 12.6. The summed E-state index contributed by atoms with van der Waals surface area (Å²) in [5.41, 5.74) is 0.722. The fourth-order valence-electron chi connectivity index (χ4n) is 0.826. The highest BCUT2D eigenvalue weighted by atomic mass is 18.2. The fourth-order valence-corrected chi connectivity index (χ4v) is 0.826. The molecule has 0 atom stereocenters. The van der Waals surface area contributed by atoms with Crippen LogP contribution in [0.3, 0.4) is 0 Å². The van der Waals surface area contributed by atoms with E-state index in [1.165, 1.54) is 6.07 Å². The summed E-state index contributed by atoms with van der Waals surface area (Å²) < 4.78 is 12.6. The molecule has 1 aromatic rings. The first-order chi connectivity index (χ1) is 5.00. The molecule has 0 saturated carbocycles. The molecular weight excluding hydrogens is 140 g/mol. The van der Waals surface area contributed by atoms with Gasteiger partial charge in [-0.2, -0.15) is 4.39 Å². The lowest BCUT2D eigenvalue weighted by molar-refractivity contribution is 0.523. The summed E-state index contributed by atoms with van der Waals surface area (Å²) in [5.74, 6) is -0.405. The van der Waals surface area contributed by atoms with Crippen LogP contribution in [0.15, 0.2) is 18.2 Å². The van der Waals surface area contributed by atoms with Gasteiger partial charge in [-0.1, -0.05) is 26.8 Å². The van der Waals surface area contributed by atoms with Gasteiger partial charge < -0.3 is 0 Å². The molecule has 0 aliphatic carbocycles. The van der Waals surface area contributed by atoms with Crippen molar-refractivity contribution in [2.45, 2.75) is 26.2 Å². The van der Waals surface area contributed by atoms with Gasteiger partial charge in [0.1, 0.15) is 0 Å². The smallest absolute Gasteiger partial charge is 0.213 e. The number of hydrogen-bond donors (Lipinski definition) is 0. The quantitative estimate of drug-likeness (QED) is 0.520. The van der Waals surface area contributed by atoms with Gasteiger partial charge >= 0.3 is 0 Å². The topological polar surface area (TPSA) is 12.9 Å². The van der Waals surface area contributed by atoms with Gasteiger partial charge in [0.2, 0.25) is 5.95 Å². The van der Waals surface area contributed by atoms with Gasteiger partial charge in [-0.15, -0.1) is 0 Å². The molecule has 0 aliphatic heterocycles. The van der Waals surface area contributed by atoms with Crippen molar-refractivity contribution >= 4 is 0 Å². The van der Waals surface area contributed by atoms with E-state index in [1.807, 2.05) is 26.8 Å². The van der Waals surface area contributed by atoms with E-state index in [0.717, 1.165) is 5.69 Å². The molecule has 1 aromatic heterocycles. The summed E-state index contributed by atoms with van der Waals surface area (Å²) in [6, 6.07) is 4.88. The maximum Gasteiger partial charge on any atom is 0.213 e. The molecule has 1 nitrogen and oxygen atoms in total. The van der Waals surface area contributed by atoms with Gasteiger partial charge in [-0.05, 0) is 12.1 Å². The molecule has 0 bridgehead atoms. The molecule has 0 unspecified atom stereocenters. The van der Waals surface area contributed by atoms with E-state index >= 15 is 0 Å². The highest BCUT2D eigenvalue weighted by Crippen LogP contribution is 2.19. The van der Waals surface area contributed by atoms with Crippen molar-refractivity contribution in [3.8, 4) is 0 Å². The van der Waals surface area contributed by atoms with Crippen LogP contribution in [-0.2, 0) is 5.41 Å². The number of rotatable bonds is 0. The molecule has 2 heteroatoms. The first kappa shape index (κ1) is 8.18. The van der Waals surface area contributed by atoms with E-state index in [0.29, 0.717) is 0 Å². The first-order valence-corrected chi connectivity index (χ1v) is 3.63. The summed E-state index contributed by atoms with van der Waals surface area (Å²) >= 11 is 0. The van der Waals surface area contributed by atoms with Crippen molar-refractivity contribution in [2.75, 3.05) is 0 Å². The Hall–Kier alpha value is -0.920. The van der Waals surface area contributed by atoms with Crippen LogP contribution in [0.25, 0.3) is 0 Å². The Kier molecular flexibility index (Phi) is 1.94. The molecule has 0 fully saturated rings. The fraction of sp³-hybridized carbons (Fsp3) is 0.444. The Morgan fingerprint density at radius 2 is 1.91 bits per heavy atom. The lowest BCUT2D eigenvalue weighted by Gasteiger charge is -2.16. The van der Waals surface area contributed by atoms with Crippen LogP contribution in [0.1, 0.15) is 26.5 Å². The number of aromatic nitrogens is 1. The summed E-state index contributed by atoms with van der Waals surface area (Å²) in [5, 5.41) is 0. The molecule has 11 heavy (non-hydrogen) atoms. The van der Waals surface area contributed by atoms with E-state index < -0.39 is 5.95 Å². The van der Waals surface area contributed by atoms with Crippen molar-refractivity contribution in [1.29, 1.82) is 0 Å². The highest BCUT2D eigenvalue weighted by Gasteiger charge is 2.14. The lowest BCUT2D eigenvalue weighted by Crippen LogP contribution is -2.13. The molecule has 0 amide bonds. The van der Waals surface area contributed by atoms with Gasteiger partial charge in [-0.25, -0.2) is 4.98 Å². The van der Waals surface area contributed by atoms with Crippen LogP contribution < -0.4 is 0 Å². The number of hydrogen-bond acceptors (Lipinski definition) is 1. The SMILES string of the molecule is CC(C)(C)c1cccc([18F])n1. The third-order valence-corrected chi connectivity index (χ3v) is 1.48. The predicted molar refractivity (Wildman–Crippen MR) is 42.9 cm³/mol. The Bertz CT molecular complexity index is 250. The van der Waals surface area contributed by atoms with E-state index in [-0.39, 0.29) is 5.41 Å². The molecule has 1 rings (SSSR count). The molecule has 0 N–H and O–H groups in total. The van der Waals surface area contributed by atoms with Crippen LogP contribution in [0.5, 0.6) is 0 Å². The third kappa shape index (κ3) is 2.00. The Balaban J connectivity index is 3.06. The molecule has 0 aliphatic rings. The minimum absolute atomic E-state index is 0.0674. The van der Waals surface area contributed by atoms with Crippen LogP contribution in [-0.4, -0.2) is 4.98 Å². The second kappa shape index (κ2) is 2.61. The van der Waals surface area contributed by atoms with Crippen molar-refractivity contribution in [3.63, 3.8) is 0 Å². The molecule has 1 heterocycles. The van der Waals surface area contributed by atoms with E-state index in [4.69, 9.17) is 0 Å². The van der Waals surface area contributed by atoms with Gasteiger partial charge in [0.15, 0.2) is 0 Å². The maximum atomic E-state index is 12.6. The summed E-state index contributed by atoms with van der Waals surface area (Å²) in [6.07, 6.45) is 0. The number of pyridine rings is 1. The second-order valence-corrected chi connectivity index (χ2v) is 3.60. The Morgan fingerprint density at radius 3 is 2.27 bits per heavy atom. The second-order valence-electron chi connectivity index (χ2n) is 3.60. The zero-order valence-corrected chi connectivity index (χ0v) is 7.06. The molecule has 0 radical (unpaired) electrons. The van der Waals surface area contributed by atoms with E-state index in [2.05, 4.69) is 4.98 Å². The number of nitrogens with zero attached hydrogens (tertiary/aromatic N) is 1. The van der Waals surface area contributed by atoms with Gasteiger partial charge in [0, 0.05) is 11.1 Å². The van der Waals surface area contributed by atoms with E-state index in [1.54, 1.807) is 6.07 Å². The average Bonchev–Trinajstić information content (AvgIpc) is 1.86. The molecule has 0 saturated heterocycles. The van der Waals surface area contributed by atoms with Crippen molar-refractivity contribution in [3.05, 3.63) is 29.8 Å². The molecule has 0 aromatic carbocycles. The third-order valence-electron chi connectivity index (χ3n) is 1.48. The van der Waals surface area contributed by atoms with Crippen LogP contribution in [0.2, 0.25) is 0 Å².